The molecular weight excluding hydrogens is 352 g/mol. The summed E-state index contributed by atoms with van der Waals surface area (Å²) in [4.78, 5) is 18.0. The third-order valence-electron chi connectivity index (χ3n) is 6.57. The maximum Gasteiger partial charge on any atom is 0.222 e. The van der Waals surface area contributed by atoms with Gasteiger partial charge in [-0.25, -0.2) is 0 Å². The molecule has 2 fully saturated rings. The first-order valence-electron chi connectivity index (χ1n) is 10.6. The van der Waals surface area contributed by atoms with Crippen LogP contribution >= 0.6 is 0 Å². The van der Waals surface area contributed by atoms with E-state index in [0.717, 1.165) is 44.3 Å². The number of aromatic nitrogens is 1. The van der Waals surface area contributed by atoms with Crippen LogP contribution in [0, 0.1) is 5.92 Å². The monoisotopic (exact) mass is 384 g/mol. The predicted octanol–water partition coefficient (Wildman–Crippen LogP) is 3.66. The number of piperidine rings is 1. The summed E-state index contributed by atoms with van der Waals surface area (Å²) in [5.41, 5.74) is 2.08. The van der Waals surface area contributed by atoms with Crippen molar-refractivity contribution in [3.63, 3.8) is 0 Å². The number of fused-ring (bicyclic) bond motifs is 1. The predicted molar refractivity (Wildman–Crippen MR) is 110 cm³/mol. The fourth-order valence-corrected chi connectivity index (χ4v) is 4.83. The van der Waals surface area contributed by atoms with Gasteiger partial charge in [0.05, 0.1) is 17.8 Å². The molecule has 0 radical (unpaired) electrons. The lowest BCUT2D eigenvalue weighted by molar-refractivity contribution is -0.193. The van der Waals surface area contributed by atoms with Crippen LogP contribution in [-0.2, 0) is 16.0 Å². The maximum absolute atomic E-state index is 12.8. The number of aromatic amines is 1. The molecule has 2 saturated heterocycles. The van der Waals surface area contributed by atoms with Gasteiger partial charge in [-0.1, -0.05) is 32.0 Å². The first-order valence-corrected chi connectivity index (χ1v) is 10.6. The van der Waals surface area contributed by atoms with Crippen molar-refractivity contribution in [2.45, 2.75) is 70.2 Å². The molecular formula is C23H32N2O3. The molecule has 152 valence electrons. The average Bonchev–Trinajstić information content (AvgIpc) is 3.09. The number of carbonyl (C=O) groups excluding carboxylic acids is 1. The molecule has 0 saturated carbocycles. The third kappa shape index (κ3) is 3.96. The van der Waals surface area contributed by atoms with Crippen LogP contribution in [0.5, 0.6) is 0 Å². The number of ether oxygens (including phenoxy) is 1. The number of nitrogens with zero attached hydrogens (tertiary/aromatic N) is 1. The van der Waals surface area contributed by atoms with Gasteiger partial charge in [-0.15, -0.1) is 0 Å². The molecule has 4 rings (SSSR count). The molecule has 2 aliphatic rings. The molecule has 1 spiro atoms. The van der Waals surface area contributed by atoms with Crippen LogP contribution in [0.4, 0.5) is 0 Å². The van der Waals surface area contributed by atoms with Crippen LogP contribution in [0.25, 0.3) is 10.9 Å². The smallest absolute Gasteiger partial charge is 0.222 e. The third-order valence-corrected chi connectivity index (χ3v) is 6.57. The fourth-order valence-electron chi connectivity index (χ4n) is 4.83. The SMILES string of the molecule is CC(C)[C@H]1C[C@@H](O)CC2(CCN(C(=O)CCc3c[nH]c4ccccc34)CC2)O1. The van der Waals surface area contributed by atoms with Crippen molar-refractivity contribution >= 4 is 16.8 Å². The topological polar surface area (TPSA) is 65.6 Å². The second kappa shape index (κ2) is 7.88. The van der Waals surface area contributed by atoms with Gasteiger partial charge in [0.25, 0.3) is 0 Å². The summed E-state index contributed by atoms with van der Waals surface area (Å²) in [6.07, 6.45) is 6.23. The Morgan fingerprint density at radius 3 is 2.82 bits per heavy atom. The van der Waals surface area contributed by atoms with Gasteiger partial charge >= 0.3 is 0 Å². The van der Waals surface area contributed by atoms with Crippen LogP contribution in [-0.4, -0.2) is 51.8 Å². The molecule has 0 aliphatic carbocycles. The Balaban J connectivity index is 1.32. The van der Waals surface area contributed by atoms with Crippen LogP contribution in [0.15, 0.2) is 30.5 Å². The Hall–Kier alpha value is -1.85. The minimum atomic E-state index is -0.287. The second-order valence-corrected chi connectivity index (χ2v) is 8.92. The lowest BCUT2D eigenvalue weighted by Gasteiger charge is -2.48. The van der Waals surface area contributed by atoms with E-state index in [1.54, 1.807) is 0 Å². The van der Waals surface area contributed by atoms with Crippen LogP contribution < -0.4 is 0 Å². The highest BCUT2D eigenvalue weighted by molar-refractivity contribution is 5.84. The molecule has 1 aromatic carbocycles. The Morgan fingerprint density at radius 2 is 2.07 bits per heavy atom. The molecule has 1 amide bonds. The molecule has 0 bridgehead atoms. The van der Waals surface area contributed by atoms with Gasteiger partial charge in [-0.2, -0.15) is 0 Å². The van der Waals surface area contributed by atoms with Crippen molar-refractivity contribution in [3.05, 3.63) is 36.0 Å². The second-order valence-electron chi connectivity index (χ2n) is 8.92. The van der Waals surface area contributed by atoms with Crippen LogP contribution in [0.3, 0.4) is 0 Å². The van der Waals surface area contributed by atoms with E-state index in [1.807, 2.05) is 23.2 Å². The van der Waals surface area contributed by atoms with E-state index >= 15 is 0 Å². The Kier molecular flexibility index (Phi) is 5.48. The average molecular weight is 385 g/mol. The summed E-state index contributed by atoms with van der Waals surface area (Å²) in [5.74, 6) is 0.625. The lowest BCUT2D eigenvalue weighted by atomic mass is 9.80. The molecule has 2 aromatic rings. The first-order chi connectivity index (χ1) is 13.5. The van der Waals surface area contributed by atoms with Gasteiger partial charge in [0.15, 0.2) is 0 Å². The van der Waals surface area contributed by atoms with Crippen molar-refractivity contribution < 1.29 is 14.6 Å². The van der Waals surface area contributed by atoms with E-state index in [2.05, 4.69) is 31.0 Å². The maximum atomic E-state index is 12.8. The molecule has 3 heterocycles. The highest BCUT2D eigenvalue weighted by Gasteiger charge is 2.44. The lowest BCUT2D eigenvalue weighted by Crippen LogP contribution is -2.54. The summed E-state index contributed by atoms with van der Waals surface area (Å²) >= 11 is 0. The van der Waals surface area contributed by atoms with Crippen LogP contribution in [0.2, 0.25) is 0 Å². The molecule has 1 aromatic heterocycles. The first kappa shape index (κ1) is 19.5. The summed E-state index contributed by atoms with van der Waals surface area (Å²) in [6, 6.07) is 8.22. The zero-order valence-electron chi connectivity index (χ0n) is 17.0. The van der Waals surface area contributed by atoms with E-state index in [0.29, 0.717) is 18.8 Å². The Morgan fingerprint density at radius 1 is 1.32 bits per heavy atom. The van der Waals surface area contributed by atoms with Gasteiger partial charge in [0, 0.05) is 43.0 Å². The van der Waals surface area contributed by atoms with Crippen molar-refractivity contribution in [2.75, 3.05) is 13.1 Å². The minimum absolute atomic E-state index is 0.118. The van der Waals surface area contributed by atoms with Crippen molar-refractivity contribution in [1.29, 1.82) is 0 Å². The number of aliphatic hydroxyl groups excluding tert-OH is 1. The number of hydrogen-bond acceptors (Lipinski definition) is 3. The van der Waals surface area contributed by atoms with E-state index < -0.39 is 0 Å². The number of rotatable bonds is 4. The number of aliphatic hydroxyl groups is 1. The van der Waals surface area contributed by atoms with Gasteiger partial charge in [0.2, 0.25) is 5.91 Å². The van der Waals surface area contributed by atoms with Crippen LogP contribution in [0.1, 0.15) is 51.5 Å². The summed E-state index contributed by atoms with van der Waals surface area (Å²) in [7, 11) is 0. The van der Waals surface area contributed by atoms with Gasteiger partial charge in [-0.05, 0) is 43.2 Å². The van der Waals surface area contributed by atoms with E-state index in [4.69, 9.17) is 4.74 Å². The Bertz CT molecular complexity index is 820. The fraction of sp³-hybridized carbons (Fsp3) is 0.609. The molecule has 0 unspecified atom stereocenters. The molecule has 2 N–H and O–H groups in total. The van der Waals surface area contributed by atoms with Crippen molar-refractivity contribution in [3.8, 4) is 0 Å². The number of carbonyl (C=O) groups is 1. The normalized spacial score (nSPS) is 24.9. The number of H-pyrrole nitrogens is 1. The number of likely N-dealkylation sites (tertiary alicyclic amines) is 1. The standard InChI is InChI=1S/C23H32N2O3/c1-16(2)21-13-18(26)14-23(28-21)9-11-25(12-10-23)22(27)8-7-17-15-24-20-6-4-3-5-19(17)20/h3-6,15-16,18,21,24,26H,7-14H2,1-2H3/t18-,21-/m1/s1. The summed E-state index contributed by atoms with van der Waals surface area (Å²) in [5, 5.41) is 11.5. The number of amides is 1. The molecule has 5 nitrogen and oxygen atoms in total. The van der Waals surface area contributed by atoms with Crippen molar-refractivity contribution in [1.82, 2.24) is 9.88 Å². The van der Waals surface area contributed by atoms with Gasteiger partial charge < -0.3 is 19.7 Å². The van der Waals surface area contributed by atoms with E-state index in [1.165, 1.54) is 10.9 Å². The quantitative estimate of drug-likeness (QED) is 0.845. The largest absolute Gasteiger partial charge is 0.393 e. The highest BCUT2D eigenvalue weighted by atomic mass is 16.5. The molecule has 28 heavy (non-hydrogen) atoms. The van der Waals surface area contributed by atoms with E-state index in [-0.39, 0.29) is 23.7 Å². The molecule has 2 atom stereocenters. The van der Waals surface area contributed by atoms with E-state index in [9.17, 15) is 9.90 Å². The number of hydrogen-bond donors (Lipinski definition) is 2. The molecule has 2 aliphatic heterocycles. The Labute approximate surface area is 167 Å². The zero-order chi connectivity index (χ0) is 19.7. The summed E-state index contributed by atoms with van der Waals surface area (Å²) in [6.45, 7) is 5.76. The van der Waals surface area contributed by atoms with Gasteiger partial charge in [0.1, 0.15) is 0 Å². The highest BCUT2D eigenvalue weighted by Crippen LogP contribution is 2.39. The summed E-state index contributed by atoms with van der Waals surface area (Å²) < 4.78 is 6.44. The number of aryl methyl sites for hydroxylation is 1. The van der Waals surface area contributed by atoms with Gasteiger partial charge in [-0.3, -0.25) is 4.79 Å². The number of benzene rings is 1. The van der Waals surface area contributed by atoms with Crippen molar-refractivity contribution in [2.24, 2.45) is 5.92 Å². The molecule has 5 heteroatoms. The zero-order valence-corrected chi connectivity index (χ0v) is 17.0. The number of para-hydroxylation sites is 1. The minimum Gasteiger partial charge on any atom is -0.393 e. The number of nitrogens with one attached hydrogen (secondary N) is 1.